The fourth-order valence-electron chi connectivity index (χ4n) is 0.386. The molecular weight excluding hydrogens is 168 g/mol. The van der Waals surface area contributed by atoms with Gasteiger partial charge < -0.3 is 5.11 Å². The summed E-state index contributed by atoms with van der Waals surface area (Å²) < 4.78 is 25.2. The SMILES string of the molecule is CC(C)C(O)COS(C)(=O)=O. The maximum Gasteiger partial charge on any atom is 0.264 e. The number of aliphatic hydroxyl groups excluding tert-OH is 1. The second kappa shape index (κ2) is 4.04. The van der Waals surface area contributed by atoms with Crippen LogP contribution in [-0.4, -0.2) is 32.5 Å². The largest absolute Gasteiger partial charge is 0.390 e. The van der Waals surface area contributed by atoms with Crippen molar-refractivity contribution in [2.24, 2.45) is 5.92 Å². The summed E-state index contributed by atoms with van der Waals surface area (Å²) in [5.41, 5.74) is 0. The van der Waals surface area contributed by atoms with Crippen molar-refractivity contribution in [2.75, 3.05) is 12.9 Å². The molecule has 0 spiro atoms. The molecular formula is C6H14O4S. The monoisotopic (exact) mass is 182 g/mol. The van der Waals surface area contributed by atoms with Crippen molar-refractivity contribution in [3.63, 3.8) is 0 Å². The van der Waals surface area contributed by atoms with Gasteiger partial charge in [-0.05, 0) is 5.92 Å². The van der Waals surface area contributed by atoms with Gasteiger partial charge >= 0.3 is 0 Å². The Morgan fingerprint density at radius 3 is 2.18 bits per heavy atom. The molecule has 0 amide bonds. The molecule has 1 atom stereocenters. The lowest BCUT2D eigenvalue weighted by Gasteiger charge is -2.12. The van der Waals surface area contributed by atoms with Crippen molar-refractivity contribution in [3.8, 4) is 0 Å². The first-order valence-electron chi connectivity index (χ1n) is 3.35. The molecule has 4 nitrogen and oxygen atoms in total. The van der Waals surface area contributed by atoms with Crippen LogP contribution >= 0.6 is 0 Å². The average Bonchev–Trinajstić information content (AvgIpc) is 1.80. The summed E-state index contributed by atoms with van der Waals surface area (Å²) in [6.45, 7) is 3.42. The van der Waals surface area contributed by atoms with Crippen molar-refractivity contribution < 1.29 is 17.7 Å². The van der Waals surface area contributed by atoms with Crippen LogP contribution in [0, 0.1) is 5.92 Å². The topological polar surface area (TPSA) is 63.6 Å². The second-order valence-corrected chi connectivity index (χ2v) is 4.44. The second-order valence-electron chi connectivity index (χ2n) is 2.80. The van der Waals surface area contributed by atoms with E-state index in [1.54, 1.807) is 13.8 Å². The van der Waals surface area contributed by atoms with Gasteiger partial charge in [-0.3, -0.25) is 4.18 Å². The van der Waals surface area contributed by atoms with Gasteiger partial charge in [0.15, 0.2) is 0 Å². The first kappa shape index (κ1) is 10.9. The highest BCUT2D eigenvalue weighted by atomic mass is 32.2. The van der Waals surface area contributed by atoms with Crippen molar-refractivity contribution in [2.45, 2.75) is 20.0 Å². The molecule has 0 fully saturated rings. The van der Waals surface area contributed by atoms with Crippen molar-refractivity contribution in [3.05, 3.63) is 0 Å². The molecule has 0 rings (SSSR count). The number of hydrogen-bond donors (Lipinski definition) is 1. The van der Waals surface area contributed by atoms with Crippen LogP contribution in [0.2, 0.25) is 0 Å². The van der Waals surface area contributed by atoms with Crippen molar-refractivity contribution >= 4 is 10.1 Å². The number of aliphatic hydroxyl groups is 1. The molecule has 68 valence electrons. The van der Waals surface area contributed by atoms with E-state index in [9.17, 15) is 8.42 Å². The van der Waals surface area contributed by atoms with Gasteiger partial charge in [0.25, 0.3) is 10.1 Å². The van der Waals surface area contributed by atoms with E-state index < -0.39 is 16.2 Å². The predicted octanol–water partition coefficient (Wildman–Crippen LogP) is -0.0205. The Kier molecular flexibility index (Phi) is 3.99. The van der Waals surface area contributed by atoms with Gasteiger partial charge in [0.2, 0.25) is 0 Å². The lowest BCUT2D eigenvalue weighted by molar-refractivity contribution is 0.0731. The van der Waals surface area contributed by atoms with E-state index in [4.69, 9.17) is 5.11 Å². The standard InChI is InChI=1S/C6H14O4S/c1-5(2)6(7)4-10-11(3,8)9/h5-7H,4H2,1-3H3. The van der Waals surface area contributed by atoms with Gasteiger partial charge in [-0.25, -0.2) is 0 Å². The predicted molar refractivity (Wildman–Crippen MR) is 41.6 cm³/mol. The normalized spacial score (nSPS) is 15.4. The maximum atomic E-state index is 10.4. The molecule has 0 aliphatic heterocycles. The summed E-state index contributed by atoms with van der Waals surface area (Å²) >= 11 is 0. The summed E-state index contributed by atoms with van der Waals surface area (Å²) in [6.07, 6.45) is 0.241. The van der Waals surface area contributed by atoms with Crippen LogP contribution in [0.25, 0.3) is 0 Å². The zero-order valence-corrected chi connectivity index (χ0v) is 7.76. The Morgan fingerprint density at radius 1 is 1.45 bits per heavy atom. The minimum Gasteiger partial charge on any atom is -0.390 e. The molecule has 1 unspecified atom stereocenters. The van der Waals surface area contributed by atoms with Gasteiger partial charge in [-0.15, -0.1) is 0 Å². The van der Waals surface area contributed by atoms with E-state index in [2.05, 4.69) is 4.18 Å². The molecule has 1 N–H and O–H groups in total. The molecule has 0 radical (unpaired) electrons. The van der Waals surface area contributed by atoms with Crippen LogP contribution < -0.4 is 0 Å². The van der Waals surface area contributed by atoms with Gasteiger partial charge in [0.1, 0.15) is 0 Å². The molecule has 0 aliphatic rings. The average molecular weight is 182 g/mol. The third-order valence-electron chi connectivity index (χ3n) is 1.22. The highest BCUT2D eigenvalue weighted by Gasteiger charge is 2.12. The zero-order valence-electron chi connectivity index (χ0n) is 6.94. The quantitative estimate of drug-likeness (QED) is 0.621. The lowest BCUT2D eigenvalue weighted by atomic mass is 10.1. The molecule has 0 aromatic carbocycles. The van der Waals surface area contributed by atoms with E-state index in [0.717, 1.165) is 6.26 Å². The molecule has 0 bridgehead atoms. The highest BCUT2D eigenvalue weighted by Crippen LogP contribution is 2.02. The minimum atomic E-state index is -3.41. The summed E-state index contributed by atoms with van der Waals surface area (Å²) in [5.74, 6) is 0.0109. The molecule has 0 saturated carbocycles. The molecule has 0 aromatic heterocycles. The maximum absolute atomic E-state index is 10.4. The van der Waals surface area contributed by atoms with Gasteiger partial charge in [0.05, 0.1) is 19.0 Å². The Labute approximate surface area is 67.3 Å². The molecule has 11 heavy (non-hydrogen) atoms. The summed E-state index contributed by atoms with van der Waals surface area (Å²) in [7, 11) is -3.41. The summed E-state index contributed by atoms with van der Waals surface area (Å²) in [6, 6.07) is 0. The summed E-state index contributed by atoms with van der Waals surface area (Å²) in [4.78, 5) is 0. The Balaban J connectivity index is 3.72. The molecule has 0 heterocycles. The Bertz CT molecular complexity index is 195. The third kappa shape index (κ3) is 6.28. The third-order valence-corrected chi connectivity index (χ3v) is 1.79. The molecule has 0 aliphatic carbocycles. The smallest absolute Gasteiger partial charge is 0.264 e. The van der Waals surface area contributed by atoms with E-state index in [1.165, 1.54) is 0 Å². The lowest BCUT2D eigenvalue weighted by Crippen LogP contribution is -2.23. The Morgan fingerprint density at radius 2 is 1.91 bits per heavy atom. The first-order chi connectivity index (χ1) is 4.83. The van der Waals surface area contributed by atoms with E-state index >= 15 is 0 Å². The van der Waals surface area contributed by atoms with Crippen LogP contribution in [0.1, 0.15) is 13.8 Å². The van der Waals surface area contributed by atoms with Gasteiger partial charge in [0, 0.05) is 0 Å². The van der Waals surface area contributed by atoms with E-state index in [1.807, 2.05) is 0 Å². The first-order valence-corrected chi connectivity index (χ1v) is 5.17. The number of rotatable bonds is 4. The fourth-order valence-corrected chi connectivity index (χ4v) is 0.772. The number of hydrogen-bond acceptors (Lipinski definition) is 4. The van der Waals surface area contributed by atoms with Crippen LogP contribution in [0.15, 0.2) is 0 Å². The fraction of sp³-hybridized carbons (Fsp3) is 1.00. The molecule has 0 saturated heterocycles. The van der Waals surface area contributed by atoms with Crippen LogP contribution in [0.5, 0.6) is 0 Å². The van der Waals surface area contributed by atoms with Crippen LogP contribution in [0.3, 0.4) is 0 Å². The Hall–Kier alpha value is -0.130. The van der Waals surface area contributed by atoms with Crippen molar-refractivity contribution in [1.82, 2.24) is 0 Å². The summed E-state index contributed by atoms with van der Waals surface area (Å²) in [5, 5.41) is 9.10. The van der Waals surface area contributed by atoms with E-state index in [-0.39, 0.29) is 12.5 Å². The van der Waals surface area contributed by atoms with Crippen molar-refractivity contribution in [1.29, 1.82) is 0 Å². The highest BCUT2D eigenvalue weighted by molar-refractivity contribution is 7.85. The van der Waals surface area contributed by atoms with E-state index in [0.29, 0.717) is 0 Å². The van der Waals surface area contributed by atoms with Gasteiger partial charge in [-0.2, -0.15) is 8.42 Å². The zero-order chi connectivity index (χ0) is 9.07. The molecule has 5 heteroatoms. The van der Waals surface area contributed by atoms with Crippen LogP contribution in [-0.2, 0) is 14.3 Å². The molecule has 0 aromatic rings. The minimum absolute atomic E-state index is 0.0109. The van der Waals surface area contributed by atoms with Crippen LogP contribution in [0.4, 0.5) is 0 Å². The van der Waals surface area contributed by atoms with Gasteiger partial charge in [-0.1, -0.05) is 13.8 Å².